The van der Waals surface area contributed by atoms with Gasteiger partial charge < -0.3 is 14.9 Å². The molecule has 3 fully saturated rings. The molecule has 2 unspecified atom stereocenters. The molecule has 2 saturated heterocycles. The first-order valence-corrected chi connectivity index (χ1v) is 7.23. The molecule has 1 saturated carbocycles. The largest absolute Gasteiger partial charge is 0.396 e. The molecule has 0 aromatic rings. The molecule has 1 aliphatic carbocycles. The summed E-state index contributed by atoms with van der Waals surface area (Å²) in [4.78, 5) is 5.07. The Morgan fingerprint density at radius 2 is 1.56 bits per heavy atom. The second kappa shape index (κ2) is 6.36. The summed E-state index contributed by atoms with van der Waals surface area (Å²) >= 11 is 0. The number of aliphatic hydroxyl groups is 1. The van der Waals surface area contributed by atoms with Crippen molar-refractivity contribution in [2.75, 3.05) is 46.4 Å². The van der Waals surface area contributed by atoms with E-state index in [2.05, 4.69) is 16.8 Å². The molecule has 3 rings (SSSR count). The summed E-state index contributed by atoms with van der Waals surface area (Å²) in [5.74, 6) is 1.81. The molecule has 1 N–H and O–H groups in total. The number of likely N-dealkylation sites (tertiary alicyclic amines) is 2. The quantitative estimate of drug-likeness (QED) is 0.835. The number of fused-ring (bicyclic) bond motifs is 1. The van der Waals surface area contributed by atoms with Gasteiger partial charge in [0.1, 0.15) is 0 Å². The lowest BCUT2D eigenvalue weighted by atomic mass is 10.0. The Labute approximate surface area is 113 Å². The van der Waals surface area contributed by atoms with Gasteiger partial charge in [-0.15, -0.1) is 0 Å². The van der Waals surface area contributed by atoms with Crippen LogP contribution in [0.2, 0.25) is 0 Å². The van der Waals surface area contributed by atoms with Crippen molar-refractivity contribution in [2.45, 2.75) is 34.1 Å². The first-order valence-electron chi connectivity index (χ1n) is 7.23. The van der Waals surface area contributed by atoms with Crippen LogP contribution >= 0.6 is 0 Å². The molecular weight excluding hydrogens is 224 g/mol. The highest BCUT2D eigenvalue weighted by molar-refractivity contribution is 4.99. The molecule has 0 amide bonds. The molecule has 2 heterocycles. The second-order valence-corrected chi connectivity index (χ2v) is 6.09. The van der Waals surface area contributed by atoms with Crippen LogP contribution < -0.4 is 0 Å². The van der Waals surface area contributed by atoms with E-state index in [1.807, 2.05) is 13.8 Å². The van der Waals surface area contributed by atoms with Crippen molar-refractivity contribution in [2.24, 2.45) is 17.3 Å². The van der Waals surface area contributed by atoms with Crippen LogP contribution in [-0.2, 0) is 0 Å². The van der Waals surface area contributed by atoms with E-state index in [0.717, 1.165) is 18.4 Å². The Morgan fingerprint density at radius 1 is 1.06 bits per heavy atom. The zero-order chi connectivity index (χ0) is 12.5. The predicted molar refractivity (Wildman–Crippen MR) is 77.7 cm³/mol. The van der Waals surface area contributed by atoms with Crippen molar-refractivity contribution in [3.05, 3.63) is 0 Å². The van der Waals surface area contributed by atoms with E-state index in [9.17, 15) is 5.11 Å². The maximum atomic E-state index is 9.33. The van der Waals surface area contributed by atoms with Gasteiger partial charge in [-0.25, -0.2) is 0 Å². The summed E-state index contributed by atoms with van der Waals surface area (Å²) in [5, 5.41) is 9.33. The smallest absolute Gasteiger partial charge is 0.0499 e. The van der Waals surface area contributed by atoms with Crippen LogP contribution in [0, 0.1) is 17.3 Å². The van der Waals surface area contributed by atoms with Crippen molar-refractivity contribution in [1.82, 2.24) is 9.80 Å². The highest BCUT2D eigenvalue weighted by Gasteiger charge is 2.46. The van der Waals surface area contributed by atoms with Crippen molar-refractivity contribution in [3.63, 3.8) is 0 Å². The fraction of sp³-hybridized carbons (Fsp3) is 1.00. The van der Waals surface area contributed by atoms with Gasteiger partial charge in [-0.05, 0) is 31.7 Å². The topological polar surface area (TPSA) is 26.7 Å². The number of rotatable bonds is 3. The van der Waals surface area contributed by atoms with Crippen LogP contribution in [0.3, 0.4) is 0 Å². The minimum absolute atomic E-state index is 0. The average Bonchev–Trinajstić information content (AvgIpc) is 2.88. The van der Waals surface area contributed by atoms with E-state index in [4.69, 9.17) is 0 Å². The summed E-state index contributed by atoms with van der Waals surface area (Å²) in [6.07, 6.45) is 2.49. The molecule has 3 nitrogen and oxygen atoms in total. The van der Waals surface area contributed by atoms with Gasteiger partial charge in [0, 0.05) is 44.7 Å². The molecule has 108 valence electrons. The third-order valence-electron chi connectivity index (χ3n) is 4.60. The van der Waals surface area contributed by atoms with E-state index in [0.29, 0.717) is 12.0 Å². The maximum absolute atomic E-state index is 9.33. The van der Waals surface area contributed by atoms with E-state index in [1.54, 1.807) is 0 Å². The van der Waals surface area contributed by atoms with Crippen molar-refractivity contribution in [1.29, 1.82) is 0 Å². The fourth-order valence-corrected chi connectivity index (χ4v) is 3.47. The van der Waals surface area contributed by atoms with Gasteiger partial charge in [0.25, 0.3) is 0 Å². The molecule has 0 radical (unpaired) electrons. The third kappa shape index (κ3) is 3.25. The fourth-order valence-electron chi connectivity index (χ4n) is 3.47. The minimum atomic E-state index is 0. The molecule has 0 bridgehead atoms. The SMILES string of the molecule is C.CC.CN1CC2CN(CC3(CO)CC3)CC2C1. The summed E-state index contributed by atoms with van der Waals surface area (Å²) in [7, 11) is 2.23. The van der Waals surface area contributed by atoms with Crippen LogP contribution in [-0.4, -0.2) is 61.3 Å². The van der Waals surface area contributed by atoms with E-state index >= 15 is 0 Å². The van der Waals surface area contributed by atoms with Crippen LogP contribution in [0.15, 0.2) is 0 Å². The third-order valence-corrected chi connectivity index (χ3v) is 4.60. The molecule has 3 heteroatoms. The highest BCUT2D eigenvalue weighted by atomic mass is 16.3. The first-order chi connectivity index (χ1) is 8.21. The Balaban J connectivity index is 0.000000516. The van der Waals surface area contributed by atoms with Gasteiger partial charge in [0.2, 0.25) is 0 Å². The first kappa shape index (κ1) is 15.9. The zero-order valence-corrected chi connectivity index (χ0v) is 11.7. The van der Waals surface area contributed by atoms with Gasteiger partial charge in [-0.2, -0.15) is 0 Å². The van der Waals surface area contributed by atoms with Gasteiger partial charge in [-0.1, -0.05) is 21.3 Å². The zero-order valence-electron chi connectivity index (χ0n) is 11.7. The minimum Gasteiger partial charge on any atom is -0.396 e. The number of hydrogen-bond donors (Lipinski definition) is 1. The molecule has 2 aliphatic heterocycles. The summed E-state index contributed by atoms with van der Waals surface area (Å²) in [6, 6.07) is 0. The maximum Gasteiger partial charge on any atom is 0.0499 e. The van der Waals surface area contributed by atoms with Gasteiger partial charge in [-0.3, -0.25) is 0 Å². The summed E-state index contributed by atoms with van der Waals surface area (Å²) < 4.78 is 0. The van der Waals surface area contributed by atoms with E-state index < -0.39 is 0 Å². The molecule has 2 atom stereocenters. The molecule has 0 aromatic carbocycles. The predicted octanol–water partition coefficient (Wildman–Crippen LogP) is 1.91. The lowest BCUT2D eigenvalue weighted by Gasteiger charge is -2.23. The monoisotopic (exact) mass is 256 g/mol. The van der Waals surface area contributed by atoms with Crippen molar-refractivity contribution in [3.8, 4) is 0 Å². The average molecular weight is 256 g/mol. The summed E-state index contributed by atoms with van der Waals surface area (Å²) in [5.41, 5.74) is 0.310. The Morgan fingerprint density at radius 3 is 1.94 bits per heavy atom. The number of nitrogens with zero attached hydrogens (tertiary/aromatic N) is 2. The number of hydrogen-bond acceptors (Lipinski definition) is 3. The van der Waals surface area contributed by atoms with Crippen LogP contribution in [0.4, 0.5) is 0 Å². The van der Waals surface area contributed by atoms with Gasteiger partial charge in [0.05, 0.1) is 0 Å². The van der Waals surface area contributed by atoms with E-state index in [1.165, 1.54) is 39.0 Å². The lowest BCUT2D eigenvalue weighted by molar-refractivity contribution is 0.155. The lowest BCUT2D eigenvalue weighted by Crippen LogP contribution is -2.33. The van der Waals surface area contributed by atoms with Crippen molar-refractivity contribution < 1.29 is 5.11 Å². The Kier molecular flexibility index (Phi) is 5.63. The molecule has 0 aromatic heterocycles. The Bertz CT molecular complexity index is 239. The van der Waals surface area contributed by atoms with Crippen LogP contribution in [0.5, 0.6) is 0 Å². The normalized spacial score (nSPS) is 33.3. The molecular formula is C15H32N2O. The second-order valence-electron chi connectivity index (χ2n) is 6.09. The summed E-state index contributed by atoms with van der Waals surface area (Å²) in [6.45, 7) is 10.7. The molecule has 3 aliphatic rings. The number of aliphatic hydroxyl groups excluding tert-OH is 1. The van der Waals surface area contributed by atoms with Crippen LogP contribution in [0.1, 0.15) is 34.1 Å². The Hall–Kier alpha value is -0.120. The van der Waals surface area contributed by atoms with Gasteiger partial charge >= 0.3 is 0 Å². The van der Waals surface area contributed by atoms with Crippen LogP contribution in [0.25, 0.3) is 0 Å². The highest BCUT2D eigenvalue weighted by Crippen LogP contribution is 2.46. The molecule has 0 spiro atoms. The van der Waals surface area contributed by atoms with E-state index in [-0.39, 0.29) is 7.43 Å². The van der Waals surface area contributed by atoms with Gasteiger partial charge in [0.15, 0.2) is 0 Å². The van der Waals surface area contributed by atoms with Crippen molar-refractivity contribution >= 4 is 0 Å². The molecule has 18 heavy (non-hydrogen) atoms. The standard InChI is InChI=1S/C12H22N2O.C2H6.CH4/c1-13-4-10-6-14(7-11(10)5-13)8-12(9-15)2-3-12;1-2;/h10-11,15H,2-9H2,1H3;1-2H3;1H4.